The van der Waals surface area contributed by atoms with E-state index in [9.17, 15) is 0 Å². The highest BCUT2D eigenvalue weighted by molar-refractivity contribution is 6.30. The van der Waals surface area contributed by atoms with Crippen molar-refractivity contribution in [2.45, 2.75) is 13.0 Å². The van der Waals surface area contributed by atoms with E-state index in [0.29, 0.717) is 11.6 Å². The Morgan fingerprint density at radius 3 is 2.68 bits per heavy atom. The van der Waals surface area contributed by atoms with Crippen molar-refractivity contribution in [3.8, 4) is 16.8 Å². The second-order valence-electron chi connectivity index (χ2n) is 6.68. The summed E-state index contributed by atoms with van der Waals surface area (Å²) in [5, 5.41) is 5.11. The molecule has 142 valence electrons. The number of ether oxygens (including phenoxy) is 1. The van der Waals surface area contributed by atoms with Crippen LogP contribution in [0.5, 0.6) is 0 Å². The van der Waals surface area contributed by atoms with Crippen molar-refractivity contribution in [2.24, 2.45) is 0 Å². The lowest BCUT2D eigenvalue weighted by Gasteiger charge is -2.14. The Morgan fingerprint density at radius 1 is 1.11 bits per heavy atom. The van der Waals surface area contributed by atoms with Gasteiger partial charge in [0.1, 0.15) is 12.1 Å². The molecule has 0 bridgehead atoms. The van der Waals surface area contributed by atoms with Crippen LogP contribution >= 0.6 is 11.6 Å². The molecule has 1 N–H and O–H groups in total. The Morgan fingerprint density at radius 2 is 1.93 bits per heavy atom. The third-order valence-electron chi connectivity index (χ3n) is 4.55. The Kier molecular flexibility index (Phi) is 5.28. The number of halogens is 1. The molecule has 0 aliphatic heterocycles. The SMILES string of the molecule is COC[C@@H](C)Nc1ncnc2c1c(-c1ccccc1)cn2-c1cccc(Cl)c1. The van der Waals surface area contributed by atoms with E-state index < -0.39 is 0 Å². The second kappa shape index (κ2) is 8.00. The quantitative estimate of drug-likeness (QED) is 0.490. The van der Waals surface area contributed by atoms with Crippen molar-refractivity contribution < 1.29 is 4.74 Å². The maximum absolute atomic E-state index is 6.23. The van der Waals surface area contributed by atoms with Gasteiger partial charge < -0.3 is 14.6 Å². The first kappa shape index (κ1) is 18.5. The fraction of sp³-hybridized carbons (Fsp3) is 0.182. The van der Waals surface area contributed by atoms with Crippen LogP contribution in [0, 0.1) is 0 Å². The highest BCUT2D eigenvalue weighted by atomic mass is 35.5. The summed E-state index contributed by atoms with van der Waals surface area (Å²) in [6, 6.07) is 18.1. The average Bonchev–Trinajstić information content (AvgIpc) is 3.10. The largest absolute Gasteiger partial charge is 0.383 e. The van der Waals surface area contributed by atoms with Crippen LogP contribution in [0.25, 0.3) is 27.8 Å². The summed E-state index contributed by atoms with van der Waals surface area (Å²) in [5.74, 6) is 0.786. The van der Waals surface area contributed by atoms with Gasteiger partial charge in [0.2, 0.25) is 0 Å². The van der Waals surface area contributed by atoms with E-state index in [1.807, 2.05) is 42.5 Å². The summed E-state index contributed by atoms with van der Waals surface area (Å²) in [6.07, 6.45) is 3.67. The number of nitrogens with one attached hydrogen (secondary N) is 1. The number of fused-ring (bicyclic) bond motifs is 1. The van der Waals surface area contributed by atoms with Gasteiger partial charge in [0.15, 0.2) is 5.65 Å². The molecule has 4 aromatic rings. The van der Waals surface area contributed by atoms with E-state index in [2.05, 4.69) is 45.1 Å². The van der Waals surface area contributed by atoms with Gasteiger partial charge in [-0.25, -0.2) is 9.97 Å². The number of rotatable bonds is 6. The summed E-state index contributed by atoms with van der Waals surface area (Å²) in [4.78, 5) is 9.11. The zero-order valence-corrected chi connectivity index (χ0v) is 16.5. The van der Waals surface area contributed by atoms with E-state index in [1.54, 1.807) is 13.4 Å². The van der Waals surface area contributed by atoms with Gasteiger partial charge in [0.05, 0.1) is 12.0 Å². The van der Waals surface area contributed by atoms with Crippen LogP contribution in [0.3, 0.4) is 0 Å². The van der Waals surface area contributed by atoms with Crippen LogP contribution < -0.4 is 5.32 Å². The molecule has 0 aliphatic carbocycles. The molecular weight excluding hydrogens is 372 g/mol. The fourth-order valence-electron chi connectivity index (χ4n) is 3.36. The van der Waals surface area contributed by atoms with Gasteiger partial charge in [-0.3, -0.25) is 0 Å². The molecule has 1 atom stereocenters. The standard InChI is InChI=1S/C22H21ClN4O/c1-15(13-28-2)26-21-20-19(16-7-4-3-5-8-16)12-27(22(20)25-14-24-21)18-10-6-9-17(23)11-18/h3-12,14-15H,13H2,1-2H3,(H,24,25,26)/t15-/m1/s1. The topological polar surface area (TPSA) is 52.0 Å². The zero-order chi connectivity index (χ0) is 19.5. The van der Waals surface area contributed by atoms with Crippen molar-refractivity contribution in [1.82, 2.24) is 14.5 Å². The predicted molar refractivity (Wildman–Crippen MR) is 114 cm³/mol. The van der Waals surface area contributed by atoms with Gasteiger partial charge in [-0.15, -0.1) is 0 Å². The van der Waals surface area contributed by atoms with Crippen LogP contribution in [0.1, 0.15) is 6.92 Å². The van der Waals surface area contributed by atoms with Gasteiger partial charge in [0.25, 0.3) is 0 Å². The number of anilines is 1. The number of hydrogen-bond donors (Lipinski definition) is 1. The van der Waals surface area contributed by atoms with Crippen molar-refractivity contribution in [3.63, 3.8) is 0 Å². The maximum atomic E-state index is 6.23. The number of nitrogens with zero attached hydrogens (tertiary/aromatic N) is 3. The first-order valence-electron chi connectivity index (χ1n) is 9.10. The number of hydrogen-bond acceptors (Lipinski definition) is 4. The van der Waals surface area contributed by atoms with Crippen molar-refractivity contribution in [2.75, 3.05) is 19.0 Å². The average molecular weight is 393 g/mol. The molecule has 2 aromatic carbocycles. The van der Waals surface area contributed by atoms with Gasteiger partial charge >= 0.3 is 0 Å². The van der Waals surface area contributed by atoms with Crippen LogP contribution in [0.4, 0.5) is 5.82 Å². The molecule has 0 fully saturated rings. The lowest BCUT2D eigenvalue weighted by atomic mass is 10.1. The predicted octanol–water partition coefficient (Wildman–Crippen LogP) is 5.19. The molecule has 0 saturated heterocycles. The Balaban J connectivity index is 1.95. The Labute approximate surface area is 169 Å². The minimum absolute atomic E-state index is 0.112. The maximum Gasteiger partial charge on any atom is 0.150 e. The van der Waals surface area contributed by atoms with Gasteiger partial charge in [-0.05, 0) is 30.7 Å². The monoisotopic (exact) mass is 392 g/mol. The van der Waals surface area contributed by atoms with E-state index in [0.717, 1.165) is 33.7 Å². The fourth-order valence-corrected chi connectivity index (χ4v) is 3.54. The van der Waals surface area contributed by atoms with Crippen LogP contribution in [0.2, 0.25) is 5.02 Å². The van der Waals surface area contributed by atoms with Gasteiger partial charge in [-0.1, -0.05) is 48.0 Å². The van der Waals surface area contributed by atoms with Crippen LogP contribution in [0.15, 0.2) is 67.1 Å². The highest BCUT2D eigenvalue weighted by Gasteiger charge is 2.18. The minimum Gasteiger partial charge on any atom is -0.383 e. The summed E-state index contributed by atoms with van der Waals surface area (Å²) in [7, 11) is 1.69. The molecule has 4 rings (SSSR count). The molecule has 28 heavy (non-hydrogen) atoms. The lowest BCUT2D eigenvalue weighted by Crippen LogP contribution is -2.21. The first-order chi connectivity index (χ1) is 13.7. The highest BCUT2D eigenvalue weighted by Crippen LogP contribution is 2.35. The third-order valence-corrected chi connectivity index (χ3v) is 4.79. The molecular formula is C22H21ClN4O. The molecule has 2 aromatic heterocycles. The third kappa shape index (κ3) is 3.59. The molecule has 0 unspecified atom stereocenters. The van der Waals surface area contributed by atoms with Crippen LogP contribution in [-0.4, -0.2) is 34.3 Å². The molecule has 0 radical (unpaired) electrons. The van der Waals surface area contributed by atoms with Crippen molar-refractivity contribution in [3.05, 3.63) is 72.1 Å². The summed E-state index contributed by atoms with van der Waals surface area (Å²) >= 11 is 6.23. The molecule has 0 saturated carbocycles. The van der Waals surface area contributed by atoms with E-state index in [4.69, 9.17) is 16.3 Å². The first-order valence-corrected chi connectivity index (χ1v) is 9.48. The van der Waals surface area contributed by atoms with Gasteiger partial charge in [0, 0.05) is 35.6 Å². The van der Waals surface area contributed by atoms with Crippen molar-refractivity contribution >= 4 is 28.5 Å². The summed E-state index contributed by atoms with van der Waals surface area (Å²) < 4.78 is 7.32. The zero-order valence-electron chi connectivity index (χ0n) is 15.8. The van der Waals surface area contributed by atoms with E-state index in [1.165, 1.54) is 0 Å². The molecule has 5 nitrogen and oxygen atoms in total. The number of aromatic nitrogens is 3. The normalized spacial score (nSPS) is 12.2. The van der Waals surface area contributed by atoms with Crippen molar-refractivity contribution in [1.29, 1.82) is 0 Å². The smallest absolute Gasteiger partial charge is 0.150 e. The van der Waals surface area contributed by atoms with Crippen LogP contribution in [-0.2, 0) is 4.74 Å². The second-order valence-corrected chi connectivity index (χ2v) is 7.12. The molecule has 2 heterocycles. The van der Waals surface area contributed by atoms with E-state index >= 15 is 0 Å². The molecule has 0 aliphatic rings. The van der Waals surface area contributed by atoms with Gasteiger partial charge in [-0.2, -0.15) is 0 Å². The van der Waals surface area contributed by atoms with E-state index in [-0.39, 0.29) is 6.04 Å². The Bertz CT molecular complexity index is 1090. The lowest BCUT2D eigenvalue weighted by molar-refractivity contribution is 0.190. The summed E-state index contributed by atoms with van der Waals surface area (Å²) in [5.41, 5.74) is 3.94. The Hall–Kier alpha value is -2.89. The molecule has 6 heteroatoms. The molecule has 0 spiro atoms. The summed E-state index contributed by atoms with van der Waals surface area (Å²) in [6.45, 7) is 2.65. The minimum atomic E-state index is 0.112. The number of methoxy groups -OCH3 is 1. The number of benzene rings is 2. The molecule has 0 amide bonds.